The van der Waals surface area contributed by atoms with Crippen molar-refractivity contribution in [2.45, 2.75) is 6.92 Å². The van der Waals surface area contributed by atoms with E-state index in [0.717, 1.165) is 16.7 Å². The summed E-state index contributed by atoms with van der Waals surface area (Å²) in [5.74, 6) is 1.09. The van der Waals surface area contributed by atoms with Gasteiger partial charge in [-0.05, 0) is 49.4 Å². The van der Waals surface area contributed by atoms with Gasteiger partial charge in [-0.1, -0.05) is 17.7 Å². The molecule has 0 radical (unpaired) electrons. The number of benzene rings is 2. The molecule has 0 aliphatic rings. The number of pyridine rings is 1. The van der Waals surface area contributed by atoms with Gasteiger partial charge in [0.2, 0.25) is 17.7 Å². The molecule has 7 heteroatoms. The maximum Gasteiger partial charge on any atom is 0.255 e. The topological polar surface area (TPSA) is 90.1 Å². The minimum Gasteiger partial charge on any atom is -0.481 e. The highest BCUT2D eigenvalue weighted by Gasteiger charge is 2.12. The molecule has 2 heterocycles. The van der Waals surface area contributed by atoms with Gasteiger partial charge in [0.25, 0.3) is 5.91 Å². The third-order valence-electron chi connectivity index (χ3n) is 4.32. The standard InChI is InChI=1S/C22H18N4O3/c1-14-3-5-16(6-4-14)21-25-26-22(29-21)17-9-7-15(8-10-17)20(27)24-18-11-12-19(28-2)23-13-18/h3-13H,1-2H3,(H,24,27). The van der Waals surface area contributed by atoms with Crippen molar-refractivity contribution in [3.63, 3.8) is 0 Å². The second kappa shape index (κ2) is 7.93. The highest BCUT2D eigenvalue weighted by atomic mass is 16.5. The van der Waals surface area contributed by atoms with Crippen LogP contribution in [0.2, 0.25) is 0 Å². The number of carbonyl (C=O) groups excluding carboxylic acids is 1. The summed E-state index contributed by atoms with van der Waals surface area (Å²) in [4.78, 5) is 16.5. The summed E-state index contributed by atoms with van der Waals surface area (Å²) >= 11 is 0. The maximum absolute atomic E-state index is 12.4. The molecule has 2 aromatic carbocycles. The fourth-order valence-corrected chi connectivity index (χ4v) is 2.70. The van der Waals surface area contributed by atoms with Crippen LogP contribution in [0, 0.1) is 6.92 Å². The number of ether oxygens (including phenoxy) is 1. The Labute approximate surface area is 167 Å². The van der Waals surface area contributed by atoms with Crippen LogP contribution in [-0.2, 0) is 0 Å². The third-order valence-corrected chi connectivity index (χ3v) is 4.32. The molecule has 1 amide bonds. The van der Waals surface area contributed by atoms with Gasteiger partial charge in [-0.2, -0.15) is 0 Å². The Morgan fingerprint density at radius 1 is 0.897 bits per heavy atom. The number of anilines is 1. The number of nitrogens with one attached hydrogen (secondary N) is 1. The summed E-state index contributed by atoms with van der Waals surface area (Å²) in [5.41, 5.74) is 3.84. The van der Waals surface area contributed by atoms with Crippen LogP contribution in [0.5, 0.6) is 5.88 Å². The summed E-state index contributed by atoms with van der Waals surface area (Å²) in [6.07, 6.45) is 1.54. The van der Waals surface area contributed by atoms with Crippen molar-refractivity contribution in [1.82, 2.24) is 15.2 Å². The molecule has 0 aliphatic carbocycles. The molecule has 0 unspecified atom stereocenters. The number of nitrogens with zero attached hydrogens (tertiary/aromatic N) is 3. The molecule has 0 atom stereocenters. The lowest BCUT2D eigenvalue weighted by Gasteiger charge is -2.06. The Morgan fingerprint density at radius 3 is 2.07 bits per heavy atom. The number of methoxy groups -OCH3 is 1. The molecule has 144 valence electrons. The predicted octanol–water partition coefficient (Wildman–Crippen LogP) is 4.37. The average molecular weight is 386 g/mol. The smallest absolute Gasteiger partial charge is 0.255 e. The van der Waals surface area contributed by atoms with Crippen molar-refractivity contribution in [2.24, 2.45) is 0 Å². The molecule has 0 spiro atoms. The second-order valence-electron chi connectivity index (χ2n) is 6.40. The number of carbonyl (C=O) groups is 1. The predicted molar refractivity (Wildman–Crippen MR) is 109 cm³/mol. The first-order valence-corrected chi connectivity index (χ1v) is 8.95. The van der Waals surface area contributed by atoms with Crippen LogP contribution in [0.4, 0.5) is 5.69 Å². The lowest BCUT2D eigenvalue weighted by atomic mass is 10.1. The Hall–Kier alpha value is -4.00. The third kappa shape index (κ3) is 4.14. The lowest BCUT2D eigenvalue weighted by Crippen LogP contribution is -2.11. The van der Waals surface area contributed by atoms with Crippen LogP contribution in [0.3, 0.4) is 0 Å². The molecule has 0 fully saturated rings. The van der Waals surface area contributed by atoms with Gasteiger partial charge < -0.3 is 14.5 Å². The Balaban J connectivity index is 1.47. The minimum atomic E-state index is -0.241. The summed E-state index contributed by atoms with van der Waals surface area (Å²) in [6, 6.07) is 18.2. The summed E-state index contributed by atoms with van der Waals surface area (Å²) in [5, 5.41) is 11.0. The molecule has 2 aromatic heterocycles. The molecule has 0 saturated carbocycles. The van der Waals surface area contributed by atoms with E-state index in [-0.39, 0.29) is 5.91 Å². The van der Waals surface area contributed by atoms with E-state index in [1.807, 2.05) is 31.2 Å². The molecular formula is C22H18N4O3. The van der Waals surface area contributed by atoms with Crippen molar-refractivity contribution in [1.29, 1.82) is 0 Å². The zero-order valence-electron chi connectivity index (χ0n) is 15.9. The first kappa shape index (κ1) is 18.4. The first-order chi connectivity index (χ1) is 14.1. The summed E-state index contributed by atoms with van der Waals surface area (Å²) < 4.78 is 10.8. The normalized spacial score (nSPS) is 10.6. The molecule has 4 aromatic rings. The van der Waals surface area contributed by atoms with Gasteiger partial charge in [0, 0.05) is 22.8 Å². The van der Waals surface area contributed by atoms with E-state index in [1.54, 1.807) is 36.4 Å². The Morgan fingerprint density at radius 2 is 1.52 bits per heavy atom. The Bertz CT molecular complexity index is 1120. The van der Waals surface area contributed by atoms with E-state index >= 15 is 0 Å². The SMILES string of the molecule is COc1ccc(NC(=O)c2ccc(-c3nnc(-c4ccc(C)cc4)o3)cc2)cn1. The molecule has 4 rings (SSSR count). The van der Waals surface area contributed by atoms with E-state index in [1.165, 1.54) is 13.3 Å². The van der Waals surface area contributed by atoms with Gasteiger partial charge in [0.05, 0.1) is 19.0 Å². The number of hydrogen-bond acceptors (Lipinski definition) is 6. The van der Waals surface area contributed by atoms with E-state index in [0.29, 0.717) is 28.9 Å². The van der Waals surface area contributed by atoms with E-state index in [2.05, 4.69) is 20.5 Å². The number of rotatable bonds is 5. The van der Waals surface area contributed by atoms with Crippen molar-refractivity contribution < 1.29 is 13.9 Å². The van der Waals surface area contributed by atoms with Gasteiger partial charge in [-0.3, -0.25) is 4.79 Å². The van der Waals surface area contributed by atoms with Crippen molar-refractivity contribution in [3.8, 4) is 28.8 Å². The zero-order valence-corrected chi connectivity index (χ0v) is 15.9. The molecule has 0 bridgehead atoms. The number of aromatic nitrogens is 3. The first-order valence-electron chi connectivity index (χ1n) is 8.95. The molecule has 0 aliphatic heterocycles. The minimum absolute atomic E-state index is 0.241. The van der Waals surface area contributed by atoms with Crippen LogP contribution in [0.15, 0.2) is 71.3 Å². The monoisotopic (exact) mass is 386 g/mol. The second-order valence-corrected chi connectivity index (χ2v) is 6.40. The van der Waals surface area contributed by atoms with Gasteiger partial charge in [-0.15, -0.1) is 10.2 Å². The van der Waals surface area contributed by atoms with Crippen LogP contribution < -0.4 is 10.1 Å². The number of hydrogen-bond donors (Lipinski definition) is 1. The van der Waals surface area contributed by atoms with Gasteiger partial charge in [0.1, 0.15) is 0 Å². The molecule has 29 heavy (non-hydrogen) atoms. The number of aryl methyl sites for hydroxylation is 1. The van der Waals surface area contributed by atoms with Crippen LogP contribution >= 0.6 is 0 Å². The van der Waals surface area contributed by atoms with Crippen LogP contribution in [-0.4, -0.2) is 28.2 Å². The van der Waals surface area contributed by atoms with Gasteiger partial charge in [0.15, 0.2) is 0 Å². The highest BCUT2D eigenvalue weighted by molar-refractivity contribution is 6.04. The molecule has 0 saturated heterocycles. The van der Waals surface area contributed by atoms with E-state index < -0.39 is 0 Å². The fourth-order valence-electron chi connectivity index (χ4n) is 2.70. The van der Waals surface area contributed by atoms with E-state index in [4.69, 9.17) is 9.15 Å². The molecule has 1 N–H and O–H groups in total. The average Bonchev–Trinajstić information content (AvgIpc) is 3.25. The lowest BCUT2D eigenvalue weighted by molar-refractivity contribution is 0.102. The van der Waals surface area contributed by atoms with Crippen LogP contribution in [0.1, 0.15) is 15.9 Å². The summed E-state index contributed by atoms with van der Waals surface area (Å²) in [6.45, 7) is 2.02. The van der Waals surface area contributed by atoms with E-state index in [9.17, 15) is 4.79 Å². The highest BCUT2D eigenvalue weighted by Crippen LogP contribution is 2.24. The Kier molecular flexibility index (Phi) is 5.03. The van der Waals surface area contributed by atoms with Crippen molar-refractivity contribution in [3.05, 3.63) is 78.0 Å². The van der Waals surface area contributed by atoms with Crippen molar-refractivity contribution in [2.75, 3.05) is 12.4 Å². The van der Waals surface area contributed by atoms with Gasteiger partial charge >= 0.3 is 0 Å². The quantitative estimate of drug-likeness (QED) is 0.548. The van der Waals surface area contributed by atoms with Crippen LogP contribution in [0.25, 0.3) is 22.9 Å². The van der Waals surface area contributed by atoms with Crippen molar-refractivity contribution >= 4 is 11.6 Å². The summed E-state index contributed by atoms with van der Waals surface area (Å²) in [7, 11) is 1.54. The van der Waals surface area contributed by atoms with Gasteiger partial charge in [-0.25, -0.2) is 4.98 Å². The zero-order chi connectivity index (χ0) is 20.2. The molecular weight excluding hydrogens is 368 g/mol. The largest absolute Gasteiger partial charge is 0.481 e. The molecule has 7 nitrogen and oxygen atoms in total. The number of amides is 1. The fraction of sp³-hybridized carbons (Fsp3) is 0.0909. The maximum atomic E-state index is 12.4.